The van der Waals surface area contributed by atoms with Gasteiger partial charge in [0.2, 0.25) is 10.0 Å². The highest BCUT2D eigenvalue weighted by molar-refractivity contribution is 7.89. The van der Waals surface area contributed by atoms with Crippen LogP contribution in [-0.2, 0) is 10.0 Å². The van der Waals surface area contributed by atoms with Crippen LogP contribution in [0.1, 0.15) is 22.5 Å². The summed E-state index contributed by atoms with van der Waals surface area (Å²) in [7, 11) is -0.485. The van der Waals surface area contributed by atoms with Crippen molar-refractivity contribution in [1.82, 2.24) is 4.31 Å². The summed E-state index contributed by atoms with van der Waals surface area (Å²) in [6, 6.07) is 6.46. The van der Waals surface area contributed by atoms with Gasteiger partial charge in [0.15, 0.2) is 0 Å². The van der Waals surface area contributed by atoms with Crippen molar-refractivity contribution in [3.05, 3.63) is 34.5 Å². The minimum Gasteiger partial charge on any atom is -0.497 e. The molecule has 2 heterocycles. The van der Waals surface area contributed by atoms with Crippen molar-refractivity contribution in [1.29, 1.82) is 0 Å². The Labute approximate surface area is 156 Å². The molecule has 140 valence electrons. The molecule has 2 aromatic rings. The molecule has 26 heavy (non-hydrogen) atoms. The number of methoxy groups -OCH3 is 2. The van der Waals surface area contributed by atoms with E-state index in [9.17, 15) is 13.2 Å². The second-order valence-corrected chi connectivity index (χ2v) is 8.63. The predicted molar refractivity (Wildman–Crippen MR) is 99.8 cm³/mol. The number of carbonyl (C=O) groups excluding carboxylic acids is 1. The van der Waals surface area contributed by atoms with E-state index >= 15 is 0 Å². The van der Waals surface area contributed by atoms with Crippen LogP contribution < -0.4 is 14.8 Å². The van der Waals surface area contributed by atoms with Gasteiger partial charge in [0.25, 0.3) is 5.91 Å². The first kappa shape index (κ1) is 18.7. The molecular formula is C17H20N2O5S2. The molecule has 1 aromatic carbocycles. The molecule has 0 unspecified atom stereocenters. The number of hydrogen-bond acceptors (Lipinski definition) is 6. The molecule has 0 atom stereocenters. The summed E-state index contributed by atoms with van der Waals surface area (Å²) < 4.78 is 37.0. The number of thiophene rings is 1. The quantitative estimate of drug-likeness (QED) is 0.812. The lowest BCUT2D eigenvalue weighted by Gasteiger charge is -2.13. The number of amides is 1. The van der Waals surface area contributed by atoms with Crippen LogP contribution in [-0.4, -0.2) is 45.9 Å². The van der Waals surface area contributed by atoms with Gasteiger partial charge in [0.1, 0.15) is 11.5 Å². The molecule has 0 aliphatic carbocycles. The van der Waals surface area contributed by atoms with Gasteiger partial charge in [-0.1, -0.05) is 0 Å². The largest absolute Gasteiger partial charge is 0.497 e. The first-order chi connectivity index (χ1) is 12.5. The van der Waals surface area contributed by atoms with E-state index in [4.69, 9.17) is 9.47 Å². The lowest BCUT2D eigenvalue weighted by atomic mass is 10.2. The molecule has 1 aromatic heterocycles. The Morgan fingerprint density at radius 1 is 1.15 bits per heavy atom. The van der Waals surface area contributed by atoms with Crippen molar-refractivity contribution in [2.75, 3.05) is 32.6 Å². The minimum absolute atomic E-state index is 0.163. The van der Waals surface area contributed by atoms with E-state index in [1.165, 1.54) is 22.9 Å². The van der Waals surface area contributed by atoms with Crippen LogP contribution in [0, 0.1) is 0 Å². The number of hydrogen-bond donors (Lipinski definition) is 1. The van der Waals surface area contributed by atoms with Gasteiger partial charge in [0.05, 0.1) is 29.7 Å². The van der Waals surface area contributed by atoms with Gasteiger partial charge in [-0.3, -0.25) is 4.79 Å². The predicted octanol–water partition coefficient (Wildman–Crippen LogP) is 2.80. The SMILES string of the molecule is COc1ccc(NC(=O)c2cc(S(=O)(=O)N3CCCC3)cs2)c(OC)c1. The fraction of sp³-hybridized carbons (Fsp3) is 0.353. The Morgan fingerprint density at radius 3 is 2.54 bits per heavy atom. The Kier molecular flexibility index (Phi) is 5.49. The van der Waals surface area contributed by atoms with E-state index in [-0.39, 0.29) is 10.8 Å². The maximum Gasteiger partial charge on any atom is 0.265 e. The van der Waals surface area contributed by atoms with Crippen molar-refractivity contribution < 1.29 is 22.7 Å². The maximum absolute atomic E-state index is 12.6. The van der Waals surface area contributed by atoms with Gasteiger partial charge >= 0.3 is 0 Å². The molecule has 1 fully saturated rings. The Morgan fingerprint density at radius 2 is 1.88 bits per heavy atom. The van der Waals surface area contributed by atoms with Gasteiger partial charge < -0.3 is 14.8 Å². The smallest absolute Gasteiger partial charge is 0.265 e. The molecule has 1 aliphatic rings. The normalized spacial score (nSPS) is 15.0. The summed E-state index contributed by atoms with van der Waals surface area (Å²) in [6.07, 6.45) is 1.74. The highest BCUT2D eigenvalue weighted by Crippen LogP contribution is 2.31. The van der Waals surface area contributed by atoms with Crippen LogP contribution in [0.2, 0.25) is 0 Å². The van der Waals surface area contributed by atoms with Crippen LogP contribution >= 0.6 is 11.3 Å². The molecule has 1 aliphatic heterocycles. The Hall–Kier alpha value is -2.10. The van der Waals surface area contributed by atoms with Crippen molar-refractivity contribution in [3.63, 3.8) is 0 Å². The first-order valence-corrected chi connectivity index (χ1v) is 10.4. The van der Waals surface area contributed by atoms with Crippen LogP contribution in [0.15, 0.2) is 34.5 Å². The highest BCUT2D eigenvalue weighted by atomic mass is 32.2. The third kappa shape index (κ3) is 3.69. The van der Waals surface area contributed by atoms with Crippen molar-refractivity contribution in [2.24, 2.45) is 0 Å². The molecule has 0 spiro atoms. The van der Waals surface area contributed by atoms with Crippen molar-refractivity contribution in [2.45, 2.75) is 17.7 Å². The zero-order chi connectivity index (χ0) is 18.7. The fourth-order valence-electron chi connectivity index (χ4n) is 2.74. The summed E-state index contributed by atoms with van der Waals surface area (Å²) in [5.41, 5.74) is 0.482. The molecule has 1 N–H and O–H groups in total. The van der Waals surface area contributed by atoms with Crippen LogP contribution in [0.5, 0.6) is 11.5 Å². The van der Waals surface area contributed by atoms with E-state index in [1.807, 2.05) is 0 Å². The average molecular weight is 396 g/mol. The third-order valence-electron chi connectivity index (χ3n) is 4.16. The molecule has 0 saturated carbocycles. The zero-order valence-corrected chi connectivity index (χ0v) is 16.2. The van der Waals surface area contributed by atoms with Gasteiger partial charge in [-0.25, -0.2) is 8.42 Å². The zero-order valence-electron chi connectivity index (χ0n) is 14.5. The molecule has 1 saturated heterocycles. The molecule has 0 bridgehead atoms. The van der Waals surface area contributed by atoms with E-state index in [0.29, 0.717) is 35.2 Å². The Balaban J connectivity index is 1.78. The van der Waals surface area contributed by atoms with Crippen LogP contribution in [0.25, 0.3) is 0 Å². The van der Waals surface area contributed by atoms with Gasteiger partial charge in [-0.15, -0.1) is 11.3 Å². The van der Waals surface area contributed by atoms with Gasteiger partial charge in [0, 0.05) is 24.5 Å². The second kappa shape index (κ2) is 7.65. The first-order valence-electron chi connectivity index (χ1n) is 8.08. The summed E-state index contributed by atoms with van der Waals surface area (Å²) >= 11 is 1.10. The summed E-state index contributed by atoms with van der Waals surface area (Å²) in [5, 5.41) is 4.25. The summed E-state index contributed by atoms with van der Waals surface area (Å²) in [6.45, 7) is 1.06. The van der Waals surface area contributed by atoms with E-state index in [2.05, 4.69) is 5.32 Å². The molecular weight excluding hydrogens is 376 g/mol. The van der Waals surface area contributed by atoms with E-state index in [0.717, 1.165) is 24.2 Å². The van der Waals surface area contributed by atoms with Gasteiger partial charge in [-0.05, 0) is 31.0 Å². The fourth-order valence-corrected chi connectivity index (χ4v) is 5.41. The lowest BCUT2D eigenvalue weighted by Crippen LogP contribution is -2.27. The number of benzene rings is 1. The van der Waals surface area contributed by atoms with E-state index in [1.54, 1.807) is 25.3 Å². The average Bonchev–Trinajstić information content (AvgIpc) is 3.34. The topological polar surface area (TPSA) is 84.9 Å². The number of carbonyl (C=O) groups is 1. The van der Waals surface area contributed by atoms with Crippen LogP contribution in [0.3, 0.4) is 0 Å². The minimum atomic E-state index is -3.52. The number of rotatable bonds is 6. The number of sulfonamides is 1. The van der Waals surface area contributed by atoms with Gasteiger partial charge in [-0.2, -0.15) is 4.31 Å². The van der Waals surface area contributed by atoms with E-state index < -0.39 is 10.0 Å². The molecule has 0 radical (unpaired) electrons. The van der Waals surface area contributed by atoms with Crippen LogP contribution in [0.4, 0.5) is 5.69 Å². The molecule has 7 nitrogen and oxygen atoms in total. The second-order valence-electron chi connectivity index (χ2n) is 5.78. The molecule has 1 amide bonds. The number of nitrogens with zero attached hydrogens (tertiary/aromatic N) is 1. The highest BCUT2D eigenvalue weighted by Gasteiger charge is 2.28. The van der Waals surface area contributed by atoms with Crippen molar-refractivity contribution in [3.8, 4) is 11.5 Å². The van der Waals surface area contributed by atoms with Crippen molar-refractivity contribution >= 4 is 33.0 Å². The molecule has 3 rings (SSSR count). The lowest BCUT2D eigenvalue weighted by molar-refractivity contribution is 0.103. The maximum atomic E-state index is 12.6. The molecule has 9 heteroatoms. The number of nitrogens with one attached hydrogen (secondary N) is 1. The standard InChI is InChI=1S/C17H20N2O5S2/c1-23-12-5-6-14(15(9-12)24-2)18-17(20)16-10-13(11-25-16)26(21,22)19-7-3-4-8-19/h5-6,9-11H,3-4,7-8H2,1-2H3,(H,18,20). The summed E-state index contributed by atoms with van der Waals surface area (Å²) in [5.74, 6) is 0.676. The monoisotopic (exact) mass is 396 g/mol. The number of anilines is 1. The number of ether oxygens (including phenoxy) is 2. The third-order valence-corrected chi connectivity index (χ3v) is 7.11. The Bertz CT molecular complexity index is 902. The summed E-state index contributed by atoms with van der Waals surface area (Å²) in [4.78, 5) is 13.0.